The van der Waals surface area contributed by atoms with Gasteiger partial charge in [-0.15, -0.1) is 0 Å². The molecule has 3 heterocycles. The monoisotopic (exact) mass is 331 g/mol. The van der Waals surface area contributed by atoms with Crippen LogP contribution in [0, 0.1) is 0 Å². The third-order valence-corrected chi connectivity index (χ3v) is 5.50. The van der Waals surface area contributed by atoms with Crippen molar-refractivity contribution in [2.45, 2.75) is 58.2 Å². The molecule has 2 aliphatic rings. The molecule has 1 aromatic rings. The van der Waals surface area contributed by atoms with Crippen molar-refractivity contribution in [2.24, 2.45) is 0 Å². The summed E-state index contributed by atoms with van der Waals surface area (Å²) in [6, 6.07) is 2.51. The van der Waals surface area contributed by atoms with Crippen LogP contribution in [0.1, 0.15) is 40.0 Å². The van der Waals surface area contributed by atoms with Crippen molar-refractivity contribution in [1.82, 2.24) is 19.8 Å². The summed E-state index contributed by atoms with van der Waals surface area (Å²) in [6.45, 7) is 9.92. The van der Waals surface area contributed by atoms with E-state index in [4.69, 9.17) is 0 Å². The number of rotatable bonds is 3. The summed E-state index contributed by atoms with van der Waals surface area (Å²) in [5, 5.41) is 0. The molecular weight excluding hydrogens is 302 g/mol. The Morgan fingerprint density at radius 2 is 1.67 bits per heavy atom. The Balaban J connectivity index is 1.58. The van der Waals surface area contributed by atoms with Gasteiger partial charge in [-0.1, -0.05) is 0 Å². The standard InChI is InChI=1S/C18H29N5O/c1-14-6-4-7-15(2)23(14)17(24)16(3)21-10-12-22(13-11-21)18-19-8-5-9-20-18/h5,8-9,14-16H,4,6-7,10-13H2,1-3H3/t14-,15+,16-/m1/s1. The van der Waals surface area contributed by atoms with E-state index in [0.717, 1.165) is 45.0 Å². The average molecular weight is 331 g/mol. The number of piperazine rings is 1. The second kappa shape index (κ2) is 7.47. The Morgan fingerprint density at radius 1 is 1.08 bits per heavy atom. The number of anilines is 1. The van der Waals surface area contributed by atoms with E-state index in [1.54, 1.807) is 12.4 Å². The minimum atomic E-state index is -0.0492. The summed E-state index contributed by atoms with van der Waals surface area (Å²) in [7, 11) is 0. The summed E-state index contributed by atoms with van der Waals surface area (Å²) < 4.78 is 0. The van der Waals surface area contributed by atoms with Crippen LogP contribution in [0.4, 0.5) is 5.95 Å². The van der Waals surface area contributed by atoms with Gasteiger partial charge in [0.25, 0.3) is 0 Å². The maximum absolute atomic E-state index is 13.0. The van der Waals surface area contributed by atoms with E-state index in [9.17, 15) is 4.79 Å². The Hall–Kier alpha value is -1.69. The highest BCUT2D eigenvalue weighted by Crippen LogP contribution is 2.24. The van der Waals surface area contributed by atoms with Crippen LogP contribution in [-0.2, 0) is 4.79 Å². The van der Waals surface area contributed by atoms with Crippen molar-refractivity contribution in [3.8, 4) is 0 Å². The van der Waals surface area contributed by atoms with Crippen LogP contribution in [0.3, 0.4) is 0 Å². The molecule has 6 heteroatoms. The van der Waals surface area contributed by atoms with E-state index in [2.05, 4.69) is 45.4 Å². The van der Waals surface area contributed by atoms with Crippen LogP contribution >= 0.6 is 0 Å². The molecule has 0 spiro atoms. The second-order valence-electron chi connectivity index (χ2n) is 7.12. The maximum Gasteiger partial charge on any atom is 0.240 e. The summed E-state index contributed by atoms with van der Waals surface area (Å²) in [5.41, 5.74) is 0. The zero-order valence-corrected chi connectivity index (χ0v) is 15.1. The van der Waals surface area contributed by atoms with Crippen molar-refractivity contribution >= 4 is 11.9 Å². The highest BCUT2D eigenvalue weighted by molar-refractivity contribution is 5.82. The number of hydrogen-bond donors (Lipinski definition) is 0. The first-order valence-electron chi connectivity index (χ1n) is 9.16. The number of amides is 1. The topological polar surface area (TPSA) is 52.6 Å². The van der Waals surface area contributed by atoms with Crippen LogP contribution < -0.4 is 4.90 Å². The molecule has 24 heavy (non-hydrogen) atoms. The van der Waals surface area contributed by atoms with E-state index in [0.29, 0.717) is 18.0 Å². The van der Waals surface area contributed by atoms with Gasteiger partial charge in [-0.2, -0.15) is 0 Å². The van der Waals surface area contributed by atoms with Gasteiger partial charge in [0.2, 0.25) is 11.9 Å². The van der Waals surface area contributed by atoms with Crippen LogP contribution in [0.15, 0.2) is 18.5 Å². The summed E-state index contributed by atoms with van der Waals surface area (Å²) in [4.78, 5) is 28.3. The lowest BCUT2D eigenvalue weighted by Crippen LogP contribution is -2.58. The highest BCUT2D eigenvalue weighted by atomic mass is 16.2. The zero-order valence-electron chi connectivity index (χ0n) is 15.1. The largest absolute Gasteiger partial charge is 0.338 e. The van der Waals surface area contributed by atoms with Crippen LogP contribution in [0.2, 0.25) is 0 Å². The first-order valence-corrected chi connectivity index (χ1v) is 9.16. The lowest BCUT2D eigenvalue weighted by atomic mass is 9.96. The molecule has 0 radical (unpaired) electrons. The van der Waals surface area contributed by atoms with Gasteiger partial charge in [-0.3, -0.25) is 9.69 Å². The quantitative estimate of drug-likeness (QED) is 0.845. The van der Waals surface area contributed by atoms with Crippen LogP contribution in [-0.4, -0.2) is 70.0 Å². The number of carbonyl (C=O) groups excluding carboxylic acids is 1. The third kappa shape index (κ3) is 3.53. The normalized spacial score (nSPS) is 27.1. The molecule has 1 aromatic heterocycles. The van der Waals surface area contributed by atoms with Crippen LogP contribution in [0.5, 0.6) is 0 Å². The summed E-state index contributed by atoms with van der Waals surface area (Å²) in [5.74, 6) is 1.08. The molecule has 1 amide bonds. The van der Waals surface area contributed by atoms with E-state index in [1.165, 1.54) is 6.42 Å². The van der Waals surface area contributed by atoms with Gasteiger partial charge >= 0.3 is 0 Å². The Kier molecular flexibility index (Phi) is 5.33. The van der Waals surface area contributed by atoms with Crippen molar-refractivity contribution in [2.75, 3.05) is 31.1 Å². The van der Waals surface area contributed by atoms with Gasteiger partial charge in [0.1, 0.15) is 0 Å². The minimum absolute atomic E-state index is 0.0492. The van der Waals surface area contributed by atoms with Crippen molar-refractivity contribution < 1.29 is 4.79 Å². The lowest BCUT2D eigenvalue weighted by molar-refractivity contribution is -0.142. The summed E-state index contributed by atoms with van der Waals surface area (Å²) >= 11 is 0. The van der Waals surface area contributed by atoms with Crippen LogP contribution in [0.25, 0.3) is 0 Å². The molecule has 0 N–H and O–H groups in total. The van der Waals surface area contributed by atoms with Gasteiger partial charge in [-0.05, 0) is 46.1 Å². The molecule has 3 atom stereocenters. The Morgan fingerprint density at radius 3 is 2.25 bits per heavy atom. The van der Waals surface area contributed by atoms with Gasteiger partial charge in [0.15, 0.2) is 0 Å². The molecule has 132 valence electrons. The first kappa shape index (κ1) is 17.1. The molecule has 0 bridgehead atoms. The zero-order chi connectivity index (χ0) is 17.1. The summed E-state index contributed by atoms with van der Waals surface area (Å²) in [6.07, 6.45) is 7.04. The average Bonchev–Trinajstić information content (AvgIpc) is 2.62. The fourth-order valence-electron chi connectivity index (χ4n) is 3.99. The Labute approximate surface area is 144 Å². The number of piperidine rings is 1. The smallest absolute Gasteiger partial charge is 0.240 e. The second-order valence-corrected chi connectivity index (χ2v) is 7.12. The fourth-order valence-corrected chi connectivity index (χ4v) is 3.99. The number of carbonyl (C=O) groups is 1. The lowest BCUT2D eigenvalue weighted by Gasteiger charge is -2.44. The van der Waals surface area contributed by atoms with E-state index in [1.807, 2.05) is 6.07 Å². The van der Waals surface area contributed by atoms with Gasteiger partial charge in [0, 0.05) is 50.7 Å². The minimum Gasteiger partial charge on any atom is -0.338 e. The van der Waals surface area contributed by atoms with Crippen molar-refractivity contribution in [3.05, 3.63) is 18.5 Å². The molecule has 3 rings (SSSR count). The molecule has 2 aliphatic heterocycles. The van der Waals surface area contributed by atoms with Gasteiger partial charge < -0.3 is 9.80 Å². The van der Waals surface area contributed by atoms with E-state index in [-0.39, 0.29) is 6.04 Å². The maximum atomic E-state index is 13.0. The molecule has 0 aliphatic carbocycles. The first-order chi connectivity index (χ1) is 11.6. The predicted octanol–water partition coefficient (Wildman–Crippen LogP) is 1.78. The number of hydrogen-bond acceptors (Lipinski definition) is 5. The third-order valence-electron chi connectivity index (χ3n) is 5.50. The molecule has 6 nitrogen and oxygen atoms in total. The fraction of sp³-hybridized carbons (Fsp3) is 0.722. The van der Waals surface area contributed by atoms with E-state index < -0.39 is 0 Å². The predicted molar refractivity (Wildman–Crippen MR) is 94.9 cm³/mol. The molecule has 2 fully saturated rings. The number of likely N-dealkylation sites (tertiary alicyclic amines) is 1. The highest BCUT2D eigenvalue weighted by Gasteiger charge is 2.35. The van der Waals surface area contributed by atoms with E-state index >= 15 is 0 Å². The molecule has 2 saturated heterocycles. The number of aromatic nitrogens is 2. The molecule has 0 unspecified atom stereocenters. The Bertz CT molecular complexity index is 534. The molecular formula is C18H29N5O. The van der Waals surface area contributed by atoms with Crippen molar-refractivity contribution in [1.29, 1.82) is 0 Å². The van der Waals surface area contributed by atoms with Gasteiger partial charge in [-0.25, -0.2) is 9.97 Å². The SMILES string of the molecule is C[C@H](C(=O)N1[C@H](C)CCC[C@@H]1C)N1CCN(c2ncccn2)CC1. The van der Waals surface area contributed by atoms with Crippen molar-refractivity contribution in [3.63, 3.8) is 0 Å². The molecule has 0 aromatic carbocycles. The van der Waals surface area contributed by atoms with Gasteiger partial charge in [0.05, 0.1) is 6.04 Å². The molecule has 0 saturated carbocycles. The number of nitrogens with zero attached hydrogens (tertiary/aromatic N) is 5.